The van der Waals surface area contributed by atoms with Crippen molar-refractivity contribution in [2.45, 2.75) is 18.9 Å². The van der Waals surface area contributed by atoms with Crippen molar-refractivity contribution in [2.75, 3.05) is 13.1 Å². The number of piperidine rings is 1. The van der Waals surface area contributed by atoms with E-state index in [4.69, 9.17) is 0 Å². The molecule has 1 saturated heterocycles. The first-order valence-electron chi connectivity index (χ1n) is 6.27. The molecule has 5 heteroatoms. The summed E-state index contributed by atoms with van der Waals surface area (Å²) in [5.74, 6) is 0.337. The van der Waals surface area contributed by atoms with E-state index < -0.39 is 6.10 Å². The van der Waals surface area contributed by atoms with Crippen molar-refractivity contribution >= 4 is 27.0 Å². The van der Waals surface area contributed by atoms with Crippen LogP contribution in [0.3, 0.4) is 0 Å². The van der Waals surface area contributed by atoms with Crippen LogP contribution in [0.1, 0.15) is 24.5 Å². The Morgan fingerprint density at radius 2 is 2.17 bits per heavy atom. The molecular formula is C13H16BrN3O. The van der Waals surface area contributed by atoms with Crippen LogP contribution in [-0.2, 0) is 0 Å². The van der Waals surface area contributed by atoms with Crippen LogP contribution in [0.5, 0.6) is 0 Å². The summed E-state index contributed by atoms with van der Waals surface area (Å²) in [5.41, 5.74) is 1.80. The first-order valence-corrected chi connectivity index (χ1v) is 7.06. The van der Waals surface area contributed by atoms with E-state index in [0.29, 0.717) is 5.92 Å². The molecule has 1 atom stereocenters. The zero-order valence-corrected chi connectivity index (χ0v) is 11.6. The molecule has 3 rings (SSSR count). The number of aromatic amines is 1. The number of hydrogen-bond acceptors (Lipinski definition) is 3. The van der Waals surface area contributed by atoms with E-state index in [2.05, 4.69) is 31.2 Å². The van der Waals surface area contributed by atoms with Crippen LogP contribution in [0.15, 0.2) is 22.9 Å². The van der Waals surface area contributed by atoms with Crippen LogP contribution in [0, 0.1) is 5.92 Å². The van der Waals surface area contributed by atoms with Gasteiger partial charge in [0.05, 0.1) is 6.10 Å². The molecule has 1 unspecified atom stereocenters. The van der Waals surface area contributed by atoms with Crippen LogP contribution in [0.4, 0.5) is 0 Å². The molecule has 1 fully saturated rings. The second-order valence-corrected chi connectivity index (χ2v) is 5.74. The van der Waals surface area contributed by atoms with Crippen molar-refractivity contribution in [3.05, 3.63) is 28.5 Å². The minimum atomic E-state index is -0.406. The highest BCUT2D eigenvalue weighted by molar-refractivity contribution is 9.10. The molecule has 3 N–H and O–H groups in total. The minimum absolute atomic E-state index is 0.337. The highest BCUT2D eigenvalue weighted by atomic mass is 79.9. The van der Waals surface area contributed by atoms with Crippen LogP contribution in [0.2, 0.25) is 0 Å². The van der Waals surface area contributed by atoms with Gasteiger partial charge in [0.15, 0.2) is 0 Å². The lowest BCUT2D eigenvalue weighted by Gasteiger charge is -2.27. The Kier molecular flexibility index (Phi) is 3.37. The molecule has 18 heavy (non-hydrogen) atoms. The van der Waals surface area contributed by atoms with E-state index in [0.717, 1.165) is 47.0 Å². The predicted octanol–water partition coefficient (Wildman–Crippen LogP) is 2.36. The second-order valence-electron chi connectivity index (χ2n) is 4.83. The number of pyridine rings is 1. The maximum absolute atomic E-state index is 10.5. The maximum atomic E-state index is 10.5. The lowest BCUT2D eigenvalue weighted by molar-refractivity contribution is 0.0902. The summed E-state index contributed by atoms with van der Waals surface area (Å²) in [7, 11) is 0. The van der Waals surface area contributed by atoms with Crippen molar-refractivity contribution in [1.82, 2.24) is 15.3 Å². The Hall–Kier alpha value is -0.910. The summed E-state index contributed by atoms with van der Waals surface area (Å²) in [5, 5.41) is 14.9. The summed E-state index contributed by atoms with van der Waals surface area (Å²) in [6, 6.07) is 2.01. The van der Waals surface area contributed by atoms with Gasteiger partial charge in [0.25, 0.3) is 0 Å². The summed E-state index contributed by atoms with van der Waals surface area (Å²) in [4.78, 5) is 7.43. The summed E-state index contributed by atoms with van der Waals surface area (Å²) >= 11 is 3.43. The van der Waals surface area contributed by atoms with E-state index in [9.17, 15) is 5.11 Å². The van der Waals surface area contributed by atoms with Crippen molar-refractivity contribution < 1.29 is 5.11 Å². The summed E-state index contributed by atoms with van der Waals surface area (Å²) in [6.45, 7) is 1.98. The number of aliphatic hydroxyl groups excluding tert-OH is 1. The fourth-order valence-corrected chi connectivity index (χ4v) is 2.99. The third-order valence-corrected chi connectivity index (χ3v) is 4.11. The van der Waals surface area contributed by atoms with Gasteiger partial charge in [-0.15, -0.1) is 0 Å². The number of rotatable bonds is 2. The maximum Gasteiger partial charge on any atom is 0.137 e. The molecule has 0 bridgehead atoms. The Balaban J connectivity index is 1.95. The monoisotopic (exact) mass is 309 g/mol. The van der Waals surface area contributed by atoms with E-state index >= 15 is 0 Å². The van der Waals surface area contributed by atoms with Crippen LogP contribution in [-0.4, -0.2) is 28.2 Å². The smallest absolute Gasteiger partial charge is 0.137 e. The SMILES string of the molecule is OC(c1c[nH]c2ncc(Br)cc12)C1CCNCC1. The number of nitrogens with zero attached hydrogens (tertiary/aromatic N) is 1. The molecule has 1 aliphatic rings. The Labute approximate surface area is 114 Å². The van der Waals surface area contributed by atoms with Gasteiger partial charge >= 0.3 is 0 Å². The van der Waals surface area contributed by atoms with Crippen LogP contribution >= 0.6 is 15.9 Å². The van der Waals surface area contributed by atoms with Gasteiger partial charge in [0.1, 0.15) is 5.65 Å². The molecule has 3 heterocycles. The largest absolute Gasteiger partial charge is 0.388 e. The topological polar surface area (TPSA) is 60.9 Å². The molecule has 0 amide bonds. The molecule has 0 saturated carbocycles. The molecule has 0 radical (unpaired) electrons. The summed E-state index contributed by atoms with van der Waals surface area (Å²) < 4.78 is 0.938. The van der Waals surface area contributed by atoms with Gasteiger partial charge in [0, 0.05) is 27.8 Å². The molecule has 0 spiro atoms. The Bertz CT molecular complexity index is 548. The van der Waals surface area contributed by atoms with Gasteiger partial charge in [-0.2, -0.15) is 0 Å². The van der Waals surface area contributed by atoms with Gasteiger partial charge in [-0.1, -0.05) is 0 Å². The van der Waals surface area contributed by atoms with Crippen LogP contribution < -0.4 is 5.32 Å². The average Bonchev–Trinajstić information content (AvgIpc) is 2.82. The summed E-state index contributed by atoms with van der Waals surface area (Å²) in [6.07, 6.45) is 5.29. The number of fused-ring (bicyclic) bond motifs is 1. The van der Waals surface area contributed by atoms with Gasteiger partial charge in [-0.05, 0) is 53.8 Å². The quantitative estimate of drug-likeness (QED) is 0.798. The first-order chi connectivity index (χ1) is 8.75. The second kappa shape index (κ2) is 4.99. The van der Waals surface area contributed by atoms with E-state index in [1.165, 1.54) is 0 Å². The van der Waals surface area contributed by atoms with Crippen molar-refractivity contribution in [3.63, 3.8) is 0 Å². The molecule has 4 nitrogen and oxygen atoms in total. The number of aliphatic hydroxyl groups is 1. The predicted molar refractivity (Wildman–Crippen MR) is 74.3 cm³/mol. The molecule has 2 aromatic heterocycles. The number of nitrogens with one attached hydrogen (secondary N) is 2. The number of hydrogen-bond donors (Lipinski definition) is 3. The highest BCUT2D eigenvalue weighted by Gasteiger charge is 2.25. The normalized spacial score (nSPS) is 19.2. The minimum Gasteiger partial charge on any atom is -0.388 e. The molecule has 0 aliphatic carbocycles. The van der Waals surface area contributed by atoms with Gasteiger partial charge in [-0.3, -0.25) is 0 Å². The highest BCUT2D eigenvalue weighted by Crippen LogP contribution is 2.33. The van der Waals surface area contributed by atoms with E-state index in [1.807, 2.05) is 12.3 Å². The lowest BCUT2D eigenvalue weighted by Crippen LogP contribution is -2.30. The number of aromatic nitrogens is 2. The average molecular weight is 310 g/mol. The molecule has 1 aliphatic heterocycles. The lowest BCUT2D eigenvalue weighted by atomic mass is 9.88. The van der Waals surface area contributed by atoms with Gasteiger partial charge < -0.3 is 15.4 Å². The third-order valence-electron chi connectivity index (χ3n) is 3.68. The van der Waals surface area contributed by atoms with Crippen molar-refractivity contribution in [2.24, 2.45) is 5.92 Å². The molecular weight excluding hydrogens is 294 g/mol. The van der Waals surface area contributed by atoms with Crippen LogP contribution in [0.25, 0.3) is 11.0 Å². The van der Waals surface area contributed by atoms with E-state index in [1.54, 1.807) is 6.20 Å². The molecule has 0 aromatic carbocycles. The molecule has 96 valence electrons. The fourth-order valence-electron chi connectivity index (χ4n) is 2.66. The number of halogens is 1. The Morgan fingerprint density at radius 1 is 1.39 bits per heavy atom. The third kappa shape index (κ3) is 2.18. The first kappa shape index (κ1) is 12.1. The number of H-pyrrole nitrogens is 1. The van der Waals surface area contributed by atoms with Gasteiger partial charge in [0.2, 0.25) is 0 Å². The van der Waals surface area contributed by atoms with E-state index in [-0.39, 0.29) is 0 Å². The van der Waals surface area contributed by atoms with Crippen molar-refractivity contribution in [1.29, 1.82) is 0 Å². The van der Waals surface area contributed by atoms with Crippen molar-refractivity contribution in [3.8, 4) is 0 Å². The zero-order valence-electron chi connectivity index (χ0n) is 9.99. The standard InChI is InChI=1S/C13H16BrN3O/c14-9-5-10-11(7-17-13(10)16-6-9)12(18)8-1-3-15-4-2-8/h5-8,12,15,18H,1-4H2,(H,16,17). The zero-order chi connectivity index (χ0) is 12.5. The fraction of sp³-hybridized carbons (Fsp3) is 0.462. The van der Waals surface area contributed by atoms with Gasteiger partial charge in [-0.25, -0.2) is 4.98 Å². The molecule has 2 aromatic rings. The Morgan fingerprint density at radius 3 is 2.94 bits per heavy atom.